The number of nitro benzene ring substituents is 2. The van der Waals surface area contributed by atoms with Crippen molar-refractivity contribution in [2.24, 2.45) is 0 Å². The van der Waals surface area contributed by atoms with Gasteiger partial charge in [0.2, 0.25) is 0 Å². The quantitative estimate of drug-likeness (QED) is 0.545. The molecule has 0 spiro atoms. The third-order valence-corrected chi connectivity index (χ3v) is 1.68. The van der Waals surface area contributed by atoms with Crippen molar-refractivity contribution in [2.75, 3.05) is 0 Å². The zero-order chi connectivity index (χ0) is 10.7. The molecule has 0 saturated heterocycles. The maximum atomic E-state index is 10.4. The van der Waals surface area contributed by atoms with Gasteiger partial charge in [-0.05, 0) is 12.0 Å². The summed E-state index contributed by atoms with van der Waals surface area (Å²) in [6.07, 6.45) is 1.57. The van der Waals surface area contributed by atoms with Crippen molar-refractivity contribution < 1.29 is 9.85 Å². The Balaban J connectivity index is 3.27. The van der Waals surface area contributed by atoms with Crippen LogP contribution in [0.4, 0.5) is 11.4 Å². The van der Waals surface area contributed by atoms with Gasteiger partial charge in [0, 0.05) is 12.1 Å². The summed E-state index contributed by atoms with van der Waals surface area (Å²) in [5, 5.41) is 20.8. The molecule has 0 atom stereocenters. The Labute approximate surface area is 79.5 Å². The van der Waals surface area contributed by atoms with Crippen molar-refractivity contribution in [3.05, 3.63) is 50.4 Å². The molecule has 0 aliphatic rings. The van der Waals surface area contributed by atoms with Crippen LogP contribution in [0.2, 0.25) is 0 Å². The lowest BCUT2D eigenvalue weighted by molar-refractivity contribution is -0.394. The first-order valence-electron chi connectivity index (χ1n) is 3.78. The van der Waals surface area contributed by atoms with E-state index in [1.807, 2.05) is 0 Å². The molecule has 6 nitrogen and oxygen atoms in total. The van der Waals surface area contributed by atoms with Gasteiger partial charge in [0.1, 0.15) is 0 Å². The molecule has 1 aromatic carbocycles. The normalized spacial score (nSPS) is 9.79. The molecule has 73 valence electrons. The molecule has 0 saturated carbocycles. The van der Waals surface area contributed by atoms with E-state index in [1.54, 1.807) is 13.3 Å². The first-order chi connectivity index (χ1) is 6.54. The summed E-state index contributed by atoms with van der Waals surface area (Å²) >= 11 is 0. The number of benzene rings is 1. The Kier molecular flexibility index (Phi) is 2.76. The Morgan fingerprint density at radius 2 is 1.50 bits per heavy atom. The minimum atomic E-state index is -0.653. The Morgan fingerprint density at radius 3 is 1.79 bits per heavy atom. The topological polar surface area (TPSA) is 86.3 Å². The molecule has 0 aliphatic heterocycles. The van der Waals surface area contributed by atoms with Crippen LogP contribution in [0.1, 0.15) is 12.5 Å². The van der Waals surface area contributed by atoms with Crippen LogP contribution in [-0.2, 0) is 0 Å². The lowest BCUT2D eigenvalue weighted by Crippen LogP contribution is -1.94. The predicted octanol–water partition coefficient (Wildman–Crippen LogP) is 2.08. The van der Waals surface area contributed by atoms with Crippen molar-refractivity contribution >= 4 is 11.4 Å². The molecule has 14 heavy (non-hydrogen) atoms. The highest BCUT2D eigenvalue weighted by Gasteiger charge is 2.15. The van der Waals surface area contributed by atoms with Gasteiger partial charge in [-0.15, -0.1) is 0 Å². The number of nitrogens with zero attached hydrogens (tertiary/aromatic N) is 2. The van der Waals surface area contributed by atoms with Crippen molar-refractivity contribution in [2.45, 2.75) is 6.92 Å². The third kappa shape index (κ3) is 2.03. The molecule has 0 unspecified atom stereocenters. The number of hydrogen-bond acceptors (Lipinski definition) is 4. The van der Waals surface area contributed by atoms with Gasteiger partial charge in [0.05, 0.1) is 15.9 Å². The molecule has 0 fully saturated rings. The maximum absolute atomic E-state index is 10.4. The molecule has 1 aromatic rings. The average molecular weight is 195 g/mol. The highest BCUT2D eigenvalue weighted by molar-refractivity contribution is 5.48. The third-order valence-electron chi connectivity index (χ3n) is 1.68. The van der Waals surface area contributed by atoms with E-state index in [-0.39, 0.29) is 11.4 Å². The van der Waals surface area contributed by atoms with Crippen molar-refractivity contribution in [3.8, 4) is 0 Å². The molecule has 0 heterocycles. The first kappa shape index (κ1) is 10.1. The Hall–Kier alpha value is -1.98. The van der Waals surface area contributed by atoms with Crippen molar-refractivity contribution in [3.63, 3.8) is 0 Å². The zero-order valence-electron chi connectivity index (χ0n) is 7.34. The van der Waals surface area contributed by atoms with Crippen LogP contribution in [0.5, 0.6) is 0 Å². The second-order valence-corrected chi connectivity index (χ2v) is 2.59. The van der Waals surface area contributed by atoms with Gasteiger partial charge in [-0.25, -0.2) is 0 Å². The fraction of sp³-hybridized carbons (Fsp3) is 0.125. The highest BCUT2D eigenvalue weighted by Crippen LogP contribution is 2.23. The lowest BCUT2D eigenvalue weighted by atomic mass is 10.1. The molecule has 0 aromatic heterocycles. The van der Waals surface area contributed by atoms with E-state index in [0.717, 1.165) is 6.07 Å². The number of nitro groups is 2. The lowest BCUT2D eigenvalue weighted by Gasteiger charge is -1.97. The van der Waals surface area contributed by atoms with E-state index in [2.05, 4.69) is 0 Å². The van der Waals surface area contributed by atoms with Gasteiger partial charge in [-0.3, -0.25) is 20.2 Å². The Bertz CT molecular complexity index is 357. The second kappa shape index (κ2) is 3.82. The number of non-ortho nitro benzene ring substituents is 2. The van der Waals surface area contributed by atoms with Crippen LogP contribution in [0.25, 0.3) is 0 Å². The van der Waals surface area contributed by atoms with E-state index >= 15 is 0 Å². The number of rotatable bonds is 3. The first-order valence-corrected chi connectivity index (χ1v) is 3.78. The smallest absolute Gasteiger partial charge is 0.258 e. The number of hydrogen-bond donors (Lipinski definition) is 0. The van der Waals surface area contributed by atoms with Gasteiger partial charge in [-0.1, -0.05) is 6.92 Å². The summed E-state index contributed by atoms with van der Waals surface area (Å²) in [5.74, 6) is 0. The van der Waals surface area contributed by atoms with E-state index in [4.69, 9.17) is 0 Å². The fourth-order valence-electron chi connectivity index (χ4n) is 0.996. The average Bonchev–Trinajstić information content (AvgIpc) is 2.16. The van der Waals surface area contributed by atoms with Crippen molar-refractivity contribution in [1.29, 1.82) is 0 Å². The molecule has 1 rings (SSSR count). The summed E-state index contributed by atoms with van der Waals surface area (Å²) < 4.78 is 0. The van der Waals surface area contributed by atoms with Crippen molar-refractivity contribution in [1.82, 2.24) is 0 Å². The van der Waals surface area contributed by atoms with Crippen LogP contribution >= 0.6 is 0 Å². The molecule has 6 heteroatoms. The van der Waals surface area contributed by atoms with Gasteiger partial charge in [0.25, 0.3) is 11.4 Å². The van der Waals surface area contributed by atoms with Gasteiger partial charge in [0.15, 0.2) is 0 Å². The van der Waals surface area contributed by atoms with Gasteiger partial charge in [-0.2, -0.15) is 0 Å². The van der Waals surface area contributed by atoms with Crippen LogP contribution in [0.3, 0.4) is 0 Å². The minimum Gasteiger partial charge on any atom is -0.258 e. The van der Waals surface area contributed by atoms with Crippen LogP contribution in [0.15, 0.2) is 18.2 Å². The summed E-state index contributed by atoms with van der Waals surface area (Å²) in [7, 11) is 0. The zero-order valence-corrected chi connectivity index (χ0v) is 7.34. The van der Waals surface area contributed by atoms with E-state index in [0.29, 0.717) is 5.56 Å². The molecular weight excluding hydrogens is 188 g/mol. The van der Waals surface area contributed by atoms with Crippen LogP contribution in [-0.4, -0.2) is 9.85 Å². The van der Waals surface area contributed by atoms with Crippen LogP contribution < -0.4 is 0 Å². The summed E-state index contributed by atoms with van der Waals surface area (Å²) in [4.78, 5) is 19.5. The van der Waals surface area contributed by atoms with Crippen LogP contribution in [0, 0.1) is 26.6 Å². The molecule has 0 bridgehead atoms. The monoisotopic (exact) mass is 195 g/mol. The SMILES string of the molecule is C[CH]c1cc([N+](=O)[O-])cc([N+](=O)[O-])c1. The standard InChI is InChI=1S/C8H7N2O4/c1-2-6-3-7(9(11)12)5-8(4-6)10(13)14/h2-5H,1H3. The van der Waals surface area contributed by atoms with E-state index < -0.39 is 9.85 Å². The summed E-state index contributed by atoms with van der Waals surface area (Å²) in [6.45, 7) is 1.66. The summed E-state index contributed by atoms with van der Waals surface area (Å²) in [5.41, 5.74) is -0.0782. The molecule has 0 aliphatic carbocycles. The molecular formula is C8H7N2O4. The fourth-order valence-corrected chi connectivity index (χ4v) is 0.996. The minimum absolute atomic E-state index is 0.271. The van der Waals surface area contributed by atoms with Gasteiger partial charge >= 0.3 is 0 Å². The van der Waals surface area contributed by atoms with E-state index in [1.165, 1.54) is 12.1 Å². The molecule has 0 N–H and O–H groups in total. The largest absolute Gasteiger partial charge is 0.276 e. The predicted molar refractivity (Wildman–Crippen MR) is 48.8 cm³/mol. The Morgan fingerprint density at radius 1 is 1.07 bits per heavy atom. The maximum Gasteiger partial charge on any atom is 0.276 e. The summed E-state index contributed by atoms with van der Waals surface area (Å²) in [6, 6.07) is 3.51. The second-order valence-electron chi connectivity index (χ2n) is 2.59. The molecule has 0 amide bonds. The van der Waals surface area contributed by atoms with E-state index in [9.17, 15) is 20.2 Å². The molecule has 1 radical (unpaired) electrons. The highest BCUT2D eigenvalue weighted by atomic mass is 16.6. The van der Waals surface area contributed by atoms with Gasteiger partial charge < -0.3 is 0 Å².